The summed E-state index contributed by atoms with van der Waals surface area (Å²) < 4.78 is 0. The van der Waals surface area contributed by atoms with Gasteiger partial charge in [-0.05, 0) is 61.6 Å². The van der Waals surface area contributed by atoms with Gasteiger partial charge in [-0.15, -0.1) is 0 Å². The smallest absolute Gasteiger partial charge is 0.243 e. The van der Waals surface area contributed by atoms with Gasteiger partial charge in [0.05, 0.1) is 13.0 Å². The monoisotopic (exact) mass is 381 g/mol. The van der Waals surface area contributed by atoms with E-state index in [2.05, 4.69) is 41.9 Å². The summed E-state index contributed by atoms with van der Waals surface area (Å²) in [5.74, 6) is 0.428. The van der Waals surface area contributed by atoms with Crippen LogP contribution in [0.4, 0.5) is 11.4 Å². The Morgan fingerprint density at radius 3 is 2.04 bits per heavy atom. The average Bonchev–Trinajstić information content (AvgIpc) is 2.66. The number of carbonyl (C=O) groups excluding carboxylic acids is 2. The Morgan fingerprint density at radius 1 is 0.857 bits per heavy atom. The highest BCUT2D eigenvalue weighted by Gasteiger charge is 2.07. The zero-order valence-electron chi connectivity index (χ0n) is 17.2. The van der Waals surface area contributed by atoms with Crippen LogP contribution in [0.2, 0.25) is 0 Å². The molecule has 5 heteroatoms. The van der Waals surface area contributed by atoms with E-state index >= 15 is 0 Å². The molecule has 0 aliphatic heterocycles. The number of carbonyl (C=O) groups is 2. The molecule has 0 spiro atoms. The molecule has 1 atom stereocenters. The van der Waals surface area contributed by atoms with Gasteiger partial charge >= 0.3 is 0 Å². The summed E-state index contributed by atoms with van der Waals surface area (Å²) in [7, 11) is 0. The second kappa shape index (κ2) is 10.5. The predicted octanol–water partition coefficient (Wildman–Crippen LogP) is 4.32. The van der Waals surface area contributed by atoms with Crippen molar-refractivity contribution in [3.05, 3.63) is 59.7 Å². The Kier molecular flexibility index (Phi) is 8.05. The molecule has 2 rings (SSSR count). The van der Waals surface area contributed by atoms with E-state index in [1.807, 2.05) is 50.2 Å². The van der Waals surface area contributed by atoms with Crippen molar-refractivity contribution in [3.8, 4) is 0 Å². The molecule has 2 aromatic rings. The number of benzene rings is 2. The van der Waals surface area contributed by atoms with Crippen LogP contribution >= 0.6 is 0 Å². The second-order valence-electron chi connectivity index (χ2n) is 7.43. The summed E-state index contributed by atoms with van der Waals surface area (Å²) >= 11 is 0. The molecule has 0 saturated heterocycles. The highest BCUT2D eigenvalue weighted by atomic mass is 16.2. The molecule has 0 aliphatic rings. The fourth-order valence-corrected chi connectivity index (χ4v) is 2.82. The minimum absolute atomic E-state index is 0.00874. The van der Waals surface area contributed by atoms with Crippen LogP contribution in [-0.4, -0.2) is 24.4 Å². The van der Waals surface area contributed by atoms with Gasteiger partial charge in [-0.2, -0.15) is 0 Å². The van der Waals surface area contributed by atoms with Gasteiger partial charge in [0.25, 0.3) is 0 Å². The van der Waals surface area contributed by atoms with Crippen molar-refractivity contribution < 1.29 is 9.59 Å². The van der Waals surface area contributed by atoms with E-state index in [4.69, 9.17) is 0 Å². The van der Waals surface area contributed by atoms with Gasteiger partial charge in [0.15, 0.2) is 0 Å². The lowest BCUT2D eigenvalue weighted by molar-refractivity contribution is -0.121. The van der Waals surface area contributed by atoms with Crippen LogP contribution in [0.1, 0.15) is 51.2 Å². The van der Waals surface area contributed by atoms with E-state index in [0.717, 1.165) is 23.4 Å². The van der Waals surface area contributed by atoms with E-state index in [-0.39, 0.29) is 24.4 Å². The lowest BCUT2D eigenvalue weighted by atomic mass is 9.99. The number of nitrogens with one attached hydrogen (secondary N) is 3. The van der Waals surface area contributed by atoms with Crippen molar-refractivity contribution >= 4 is 23.2 Å². The molecule has 0 saturated carbocycles. The molecular weight excluding hydrogens is 350 g/mol. The fourth-order valence-electron chi connectivity index (χ4n) is 2.82. The Balaban J connectivity index is 1.80. The fraction of sp³-hybridized carbons (Fsp3) is 0.391. The molecule has 3 N–H and O–H groups in total. The van der Waals surface area contributed by atoms with Crippen molar-refractivity contribution in [3.63, 3.8) is 0 Å². The van der Waals surface area contributed by atoms with E-state index < -0.39 is 0 Å². The topological polar surface area (TPSA) is 70.2 Å². The maximum absolute atomic E-state index is 12.1. The number of hydrogen-bond donors (Lipinski definition) is 3. The number of amides is 2. The number of rotatable bonds is 9. The third kappa shape index (κ3) is 7.06. The van der Waals surface area contributed by atoms with Crippen LogP contribution in [-0.2, 0) is 16.0 Å². The Hall–Kier alpha value is -2.82. The van der Waals surface area contributed by atoms with Gasteiger partial charge in [-0.3, -0.25) is 9.59 Å². The third-order valence-corrected chi connectivity index (χ3v) is 4.60. The zero-order chi connectivity index (χ0) is 20.5. The maximum atomic E-state index is 12.1. The molecule has 5 nitrogen and oxygen atoms in total. The molecule has 28 heavy (non-hydrogen) atoms. The predicted molar refractivity (Wildman–Crippen MR) is 116 cm³/mol. The molecule has 2 aromatic carbocycles. The molecule has 0 fully saturated rings. The summed E-state index contributed by atoms with van der Waals surface area (Å²) in [4.78, 5) is 23.9. The van der Waals surface area contributed by atoms with Crippen LogP contribution in [0.5, 0.6) is 0 Å². The van der Waals surface area contributed by atoms with Crippen molar-refractivity contribution in [2.24, 2.45) is 0 Å². The first-order chi connectivity index (χ1) is 13.4. The highest BCUT2D eigenvalue weighted by Crippen LogP contribution is 2.20. The number of hydrogen-bond acceptors (Lipinski definition) is 3. The van der Waals surface area contributed by atoms with Gasteiger partial charge in [-0.1, -0.05) is 38.1 Å². The average molecular weight is 382 g/mol. The van der Waals surface area contributed by atoms with Crippen LogP contribution in [0.25, 0.3) is 0 Å². The first-order valence-corrected chi connectivity index (χ1v) is 9.89. The largest absolute Gasteiger partial charge is 0.376 e. The third-order valence-electron chi connectivity index (χ3n) is 4.60. The van der Waals surface area contributed by atoms with Crippen molar-refractivity contribution in [1.29, 1.82) is 0 Å². The summed E-state index contributed by atoms with van der Waals surface area (Å²) in [5.41, 5.74) is 3.86. The number of anilines is 2. The lowest BCUT2D eigenvalue weighted by Gasteiger charge is -2.11. The van der Waals surface area contributed by atoms with Gasteiger partial charge in [0.1, 0.15) is 0 Å². The molecule has 1 unspecified atom stereocenters. The van der Waals surface area contributed by atoms with Crippen molar-refractivity contribution in [2.45, 2.75) is 52.5 Å². The van der Waals surface area contributed by atoms with Crippen LogP contribution in [0.15, 0.2) is 48.5 Å². The van der Waals surface area contributed by atoms with E-state index in [9.17, 15) is 9.59 Å². The molecule has 150 valence electrons. The summed E-state index contributed by atoms with van der Waals surface area (Å²) in [6.45, 7) is 8.42. The first-order valence-electron chi connectivity index (χ1n) is 9.89. The normalized spacial score (nSPS) is 11.8. The zero-order valence-corrected chi connectivity index (χ0v) is 17.2. The highest BCUT2D eigenvalue weighted by molar-refractivity contribution is 5.93. The van der Waals surface area contributed by atoms with Crippen LogP contribution < -0.4 is 16.0 Å². The van der Waals surface area contributed by atoms with E-state index in [0.29, 0.717) is 12.3 Å². The Bertz CT molecular complexity index is 767. The summed E-state index contributed by atoms with van der Waals surface area (Å²) in [6, 6.07) is 15.7. The lowest BCUT2D eigenvalue weighted by Crippen LogP contribution is -2.31. The molecule has 0 aromatic heterocycles. The quantitative estimate of drug-likeness (QED) is 0.606. The van der Waals surface area contributed by atoms with Gasteiger partial charge in [0, 0.05) is 17.4 Å². The van der Waals surface area contributed by atoms with Crippen molar-refractivity contribution in [2.75, 3.05) is 17.2 Å². The van der Waals surface area contributed by atoms with Gasteiger partial charge in [0.2, 0.25) is 11.8 Å². The molecule has 2 amide bonds. The maximum Gasteiger partial charge on any atom is 0.243 e. The first kappa shape index (κ1) is 21.5. The van der Waals surface area contributed by atoms with E-state index in [1.54, 1.807) is 0 Å². The minimum Gasteiger partial charge on any atom is -0.376 e. The molecule has 0 bridgehead atoms. The Morgan fingerprint density at radius 2 is 1.46 bits per heavy atom. The molecular formula is C23H31N3O2. The van der Waals surface area contributed by atoms with Gasteiger partial charge < -0.3 is 16.0 Å². The molecule has 0 heterocycles. The SMILES string of the molecule is CCC(C)c1ccc(NC(=O)CNc2ccc(CC(=O)NC(C)C)cc2)cc1. The Labute approximate surface area is 167 Å². The van der Waals surface area contributed by atoms with Crippen molar-refractivity contribution in [1.82, 2.24) is 5.32 Å². The standard InChI is InChI=1S/C23H31N3O2/c1-5-17(4)19-8-12-21(13-9-19)26-23(28)15-24-20-10-6-18(7-11-20)14-22(27)25-16(2)3/h6-13,16-17,24H,5,14-15H2,1-4H3,(H,25,27)(H,26,28). The minimum atomic E-state index is -0.100. The molecule has 0 aliphatic carbocycles. The van der Waals surface area contributed by atoms with Crippen LogP contribution in [0, 0.1) is 0 Å². The second-order valence-corrected chi connectivity index (χ2v) is 7.43. The van der Waals surface area contributed by atoms with Crippen LogP contribution in [0.3, 0.4) is 0 Å². The summed E-state index contributed by atoms with van der Waals surface area (Å²) in [5, 5.41) is 8.88. The van der Waals surface area contributed by atoms with Gasteiger partial charge in [-0.25, -0.2) is 0 Å². The molecule has 0 radical (unpaired) electrons. The summed E-state index contributed by atoms with van der Waals surface area (Å²) in [6.07, 6.45) is 1.45. The van der Waals surface area contributed by atoms with E-state index in [1.165, 1.54) is 5.56 Å².